The van der Waals surface area contributed by atoms with Crippen molar-refractivity contribution in [3.63, 3.8) is 0 Å². The topological polar surface area (TPSA) is 67.2 Å². The van der Waals surface area contributed by atoms with Crippen LogP contribution >= 0.6 is 0 Å². The molecule has 1 unspecified atom stereocenters. The largest absolute Gasteiger partial charge is 0.444 e. The van der Waals surface area contributed by atoms with E-state index in [-0.39, 0.29) is 17.4 Å². The molecule has 1 fully saturated rings. The molecule has 3 rings (SSSR count). The minimum atomic E-state index is -0.157. The fourth-order valence-corrected chi connectivity index (χ4v) is 2.95. The predicted octanol–water partition coefficient (Wildman–Crippen LogP) is 3.06. The molecule has 2 aromatic rings. The molecule has 1 amide bonds. The van der Waals surface area contributed by atoms with Gasteiger partial charge in [0.2, 0.25) is 5.91 Å². The molecule has 2 heterocycles. The third kappa shape index (κ3) is 3.04. The lowest BCUT2D eigenvalue weighted by atomic mass is 9.77. The number of amides is 1. The Labute approximate surface area is 130 Å². The van der Waals surface area contributed by atoms with Crippen LogP contribution in [0.25, 0.3) is 11.3 Å². The molecule has 1 aromatic heterocycles. The SMILES string of the molecule is CC1(C)CCCNC1C(=O)Nc1ccc(-c2cnco2)cc1. The minimum absolute atomic E-state index is 0.0251. The lowest BCUT2D eigenvalue weighted by Crippen LogP contribution is -2.53. The van der Waals surface area contributed by atoms with Crippen molar-refractivity contribution in [1.82, 2.24) is 10.3 Å². The highest BCUT2D eigenvalue weighted by Gasteiger charge is 2.36. The quantitative estimate of drug-likeness (QED) is 0.914. The van der Waals surface area contributed by atoms with Gasteiger partial charge in [-0.3, -0.25) is 4.79 Å². The lowest BCUT2D eigenvalue weighted by molar-refractivity contribution is -0.121. The van der Waals surface area contributed by atoms with Crippen molar-refractivity contribution in [2.75, 3.05) is 11.9 Å². The first-order valence-corrected chi connectivity index (χ1v) is 7.59. The Hall–Kier alpha value is -2.14. The number of anilines is 1. The third-order valence-electron chi connectivity index (χ3n) is 4.26. The average Bonchev–Trinajstić information content (AvgIpc) is 3.01. The maximum absolute atomic E-state index is 12.5. The van der Waals surface area contributed by atoms with E-state index < -0.39 is 0 Å². The number of hydrogen-bond acceptors (Lipinski definition) is 4. The number of nitrogens with zero attached hydrogens (tertiary/aromatic N) is 1. The molecule has 0 spiro atoms. The Morgan fingerprint density at radius 3 is 2.77 bits per heavy atom. The standard InChI is InChI=1S/C17H21N3O2/c1-17(2)8-3-9-19-15(17)16(21)20-13-6-4-12(5-7-13)14-10-18-11-22-14/h4-7,10-11,15,19H,3,8-9H2,1-2H3,(H,20,21). The van der Waals surface area contributed by atoms with Gasteiger partial charge >= 0.3 is 0 Å². The maximum atomic E-state index is 12.5. The second-order valence-electron chi connectivity index (χ2n) is 6.41. The number of carbonyl (C=O) groups excluding carboxylic acids is 1. The zero-order chi connectivity index (χ0) is 15.6. The highest BCUT2D eigenvalue weighted by atomic mass is 16.3. The number of hydrogen-bond donors (Lipinski definition) is 2. The maximum Gasteiger partial charge on any atom is 0.242 e. The summed E-state index contributed by atoms with van der Waals surface area (Å²) in [5.41, 5.74) is 1.70. The Balaban J connectivity index is 1.69. The first kappa shape index (κ1) is 14.8. The second-order valence-corrected chi connectivity index (χ2v) is 6.41. The molecule has 116 valence electrons. The van der Waals surface area contributed by atoms with Crippen molar-refractivity contribution in [3.05, 3.63) is 36.9 Å². The summed E-state index contributed by atoms with van der Waals surface area (Å²) in [6.07, 6.45) is 5.25. The van der Waals surface area contributed by atoms with Crippen LogP contribution < -0.4 is 10.6 Å². The van der Waals surface area contributed by atoms with Crippen molar-refractivity contribution < 1.29 is 9.21 Å². The smallest absolute Gasteiger partial charge is 0.242 e. The Bertz CT molecular complexity index is 632. The van der Waals surface area contributed by atoms with Crippen molar-refractivity contribution in [3.8, 4) is 11.3 Å². The van der Waals surface area contributed by atoms with Crippen LogP contribution in [0.4, 0.5) is 5.69 Å². The number of carbonyl (C=O) groups is 1. The monoisotopic (exact) mass is 299 g/mol. The minimum Gasteiger partial charge on any atom is -0.444 e. The van der Waals surface area contributed by atoms with Gasteiger partial charge in [0.15, 0.2) is 12.2 Å². The van der Waals surface area contributed by atoms with Gasteiger partial charge < -0.3 is 15.1 Å². The molecule has 1 saturated heterocycles. The van der Waals surface area contributed by atoms with E-state index in [0.29, 0.717) is 5.76 Å². The van der Waals surface area contributed by atoms with Crippen LogP contribution in [-0.2, 0) is 4.79 Å². The molecular weight excluding hydrogens is 278 g/mol. The molecule has 1 aromatic carbocycles. The van der Waals surface area contributed by atoms with Crippen LogP contribution in [0.2, 0.25) is 0 Å². The summed E-state index contributed by atoms with van der Waals surface area (Å²) in [6, 6.07) is 7.43. The van der Waals surface area contributed by atoms with Crippen LogP contribution in [0.1, 0.15) is 26.7 Å². The molecule has 22 heavy (non-hydrogen) atoms. The number of benzene rings is 1. The van der Waals surface area contributed by atoms with Crippen molar-refractivity contribution in [2.24, 2.45) is 5.41 Å². The normalized spacial score (nSPS) is 20.5. The summed E-state index contributed by atoms with van der Waals surface area (Å²) in [5, 5.41) is 6.32. The number of piperidine rings is 1. The number of nitrogens with one attached hydrogen (secondary N) is 2. The summed E-state index contributed by atoms with van der Waals surface area (Å²) < 4.78 is 5.25. The van der Waals surface area contributed by atoms with Gasteiger partial charge in [0.1, 0.15) is 0 Å². The Kier molecular flexibility index (Phi) is 3.98. The molecular formula is C17H21N3O2. The van der Waals surface area contributed by atoms with Crippen LogP contribution in [0.3, 0.4) is 0 Å². The highest BCUT2D eigenvalue weighted by molar-refractivity contribution is 5.95. The number of rotatable bonds is 3. The summed E-state index contributed by atoms with van der Waals surface area (Å²) in [7, 11) is 0. The Morgan fingerprint density at radius 2 is 2.14 bits per heavy atom. The van der Waals surface area contributed by atoms with Crippen LogP contribution in [0, 0.1) is 5.41 Å². The predicted molar refractivity (Wildman–Crippen MR) is 85.4 cm³/mol. The average molecular weight is 299 g/mol. The third-order valence-corrected chi connectivity index (χ3v) is 4.26. The van der Waals surface area contributed by atoms with Gasteiger partial charge in [0.25, 0.3) is 0 Å². The van der Waals surface area contributed by atoms with Crippen molar-refractivity contribution >= 4 is 11.6 Å². The molecule has 5 heteroatoms. The summed E-state index contributed by atoms with van der Waals surface area (Å²) in [5.74, 6) is 0.741. The van der Waals surface area contributed by atoms with Gasteiger partial charge in [-0.25, -0.2) is 4.98 Å². The molecule has 0 bridgehead atoms. The molecule has 0 radical (unpaired) electrons. The summed E-state index contributed by atoms with van der Waals surface area (Å²) >= 11 is 0. The van der Waals surface area contributed by atoms with E-state index in [9.17, 15) is 4.79 Å². The van der Waals surface area contributed by atoms with E-state index in [2.05, 4.69) is 29.5 Å². The van der Waals surface area contributed by atoms with E-state index in [4.69, 9.17) is 4.42 Å². The second kappa shape index (κ2) is 5.93. The molecule has 1 atom stereocenters. The van der Waals surface area contributed by atoms with Crippen LogP contribution in [-0.4, -0.2) is 23.5 Å². The van der Waals surface area contributed by atoms with Crippen molar-refractivity contribution in [1.29, 1.82) is 0 Å². The molecule has 2 N–H and O–H groups in total. The first-order chi connectivity index (χ1) is 10.6. The number of aromatic nitrogens is 1. The summed E-state index contributed by atoms with van der Waals surface area (Å²) in [4.78, 5) is 16.4. The van der Waals surface area contributed by atoms with Crippen molar-refractivity contribution in [2.45, 2.75) is 32.7 Å². The molecule has 0 saturated carbocycles. The fourth-order valence-electron chi connectivity index (χ4n) is 2.95. The van der Waals surface area contributed by atoms with Gasteiger partial charge in [-0.05, 0) is 49.1 Å². The van der Waals surface area contributed by atoms with E-state index in [1.807, 2.05) is 24.3 Å². The van der Waals surface area contributed by atoms with E-state index >= 15 is 0 Å². The molecule has 1 aliphatic rings. The molecule has 1 aliphatic heterocycles. The molecule has 5 nitrogen and oxygen atoms in total. The fraction of sp³-hybridized carbons (Fsp3) is 0.412. The van der Waals surface area contributed by atoms with Crippen LogP contribution in [0.15, 0.2) is 41.3 Å². The highest BCUT2D eigenvalue weighted by Crippen LogP contribution is 2.31. The Morgan fingerprint density at radius 1 is 1.36 bits per heavy atom. The van der Waals surface area contributed by atoms with Gasteiger partial charge in [0, 0.05) is 11.3 Å². The van der Waals surface area contributed by atoms with E-state index in [1.54, 1.807) is 6.20 Å². The van der Waals surface area contributed by atoms with Gasteiger partial charge in [0.05, 0.1) is 12.2 Å². The van der Waals surface area contributed by atoms with E-state index in [1.165, 1.54) is 6.39 Å². The van der Waals surface area contributed by atoms with Gasteiger partial charge in [-0.2, -0.15) is 0 Å². The van der Waals surface area contributed by atoms with E-state index in [0.717, 1.165) is 30.6 Å². The first-order valence-electron chi connectivity index (χ1n) is 7.59. The lowest BCUT2D eigenvalue weighted by Gasteiger charge is -2.38. The van der Waals surface area contributed by atoms with Gasteiger partial charge in [-0.1, -0.05) is 13.8 Å². The molecule has 0 aliphatic carbocycles. The van der Waals surface area contributed by atoms with Crippen LogP contribution in [0.5, 0.6) is 0 Å². The summed E-state index contributed by atoms with van der Waals surface area (Å²) in [6.45, 7) is 5.17. The number of oxazole rings is 1. The zero-order valence-electron chi connectivity index (χ0n) is 12.9. The zero-order valence-corrected chi connectivity index (χ0v) is 12.9. The van der Waals surface area contributed by atoms with Gasteiger partial charge in [-0.15, -0.1) is 0 Å².